The molecule has 0 atom stereocenters. The van der Waals surface area contributed by atoms with Crippen molar-refractivity contribution in [3.63, 3.8) is 0 Å². The van der Waals surface area contributed by atoms with Crippen LogP contribution < -0.4 is 3.71 Å². The minimum absolute atomic E-state index is 0.108. The van der Waals surface area contributed by atoms with E-state index in [1.54, 1.807) is 38.1 Å². The highest BCUT2D eigenvalue weighted by Gasteiger charge is 2.39. The van der Waals surface area contributed by atoms with Crippen molar-refractivity contribution in [3.8, 4) is 0 Å². The van der Waals surface area contributed by atoms with Crippen LogP contribution in [0.15, 0.2) is 76.5 Å². The van der Waals surface area contributed by atoms with Gasteiger partial charge in [-0.15, -0.1) is 0 Å². The summed E-state index contributed by atoms with van der Waals surface area (Å²) < 4.78 is 54.2. The predicted octanol–water partition coefficient (Wildman–Crippen LogP) is 5.19. The number of para-hydroxylation sites is 1. The molecule has 0 spiro atoms. The number of hydrogen-bond donors (Lipinski definition) is 0. The monoisotopic (exact) mass is 469 g/mol. The number of hydrogen-bond acceptors (Lipinski definition) is 4. The summed E-state index contributed by atoms with van der Waals surface area (Å²) in [6, 6.07) is 15.9. The van der Waals surface area contributed by atoms with Gasteiger partial charge in [0.05, 0.1) is 19.8 Å². The van der Waals surface area contributed by atoms with Crippen molar-refractivity contribution < 1.29 is 16.8 Å². The van der Waals surface area contributed by atoms with Crippen molar-refractivity contribution in [2.24, 2.45) is 0 Å². The third-order valence-electron chi connectivity index (χ3n) is 4.19. The summed E-state index contributed by atoms with van der Waals surface area (Å²) in [6.07, 6.45) is 0. The Morgan fingerprint density at radius 1 is 0.621 bits per heavy atom. The lowest BCUT2D eigenvalue weighted by Gasteiger charge is -2.26. The molecular weight excluding hydrogens is 453 g/mol. The Kier molecular flexibility index (Phi) is 5.96. The van der Waals surface area contributed by atoms with Gasteiger partial charge in [-0.05, 0) is 50.2 Å². The SMILES string of the molecule is Cc1ccc(S(=O)(=O)N(c2c(Cl)cccc2Cl)S(=O)(=O)c2ccc(C)cc2)cc1. The van der Waals surface area contributed by atoms with E-state index in [0.717, 1.165) is 11.1 Å². The molecule has 3 aromatic rings. The largest absolute Gasteiger partial charge is 0.277 e. The van der Waals surface area contributed by atoms with Gasteiger partial charge in [0.25, 0.3) is 20.0 Å². The molecule has 0 bridgehead atoms. The van der Waals surface area contributed by atoms with Gasteiger partial charge in [-0.2, -0.15) is 3.71 Å². The molecule has 3 rings (SSSR count). The minimum atomic E-state index is -4.56. The van der Waals surface area contributed by atoms with Crippen LogP contribution in [-0.2, 0) is 20.0 Å². The summed E-state index contributed by atoms with van der Waals surface area (Å²) in [6.45, 7) is 3.59. The van der Waals surface area contributed by atoms with Crippen molar-refractivity contribution in [2.45, 2.75) is 23.6 Å². The van der Waals surface area contributed by atoms with E-state index >= 15 is 0 Å². The molecule has 9 heteroatoms. The normalized spacial score (nSPS) is 12.0. The fraction of sp³-hybridized carbons (Fsp3) is 0.100. The predicted molar refractivity (Wildman–Crippen MR) is 116 cm³/mol. The van der Waals surface area contributed by atoms with E-state index in [2.05, 4.69) is 0 Å². The molecule has 0 aliphatic heterocycles. The molecule has 0 unspecified atom stereocenters. The number of anilines is 1. The summed E-state index contributed by atoms with van der Waals surface area (Å²) >= 11 is 12.4. The number of halogens is 2. The lowest BCUT2D eigenvalue weighted by Crippen LogP contribution is -2.37. The molecule has 29 heavy (non-hydrogen) atoms. The number of rotatable bonds is 5. The van der Waals surface area contributed by atoms with E-state index in [-0.39, 0.29) is 25.5 Å². The third kappa shape index (κ3) is 4.14. The van der Waals surface area contributed by atoms with E-state index < -0.39 is 20.0 Å². The first kappa shape index (κ1) is 21.6. The molecule has 0 aromatic heterocycles. The second-order valence-corrected chi connectivity index (χ2v) is 11.0. The van der Waals surface area contributed by atoms with E-state index in [9.17, 15) is 16.8 Å². The van der Waals surface area contributed by atoms with Gasteiger partial charge in [0.15, 0.2) is 0 Å². The highest BCUT2D eigenvalue weighted by molar-refractivity contribution is 8.10. The van der Waals surface area contributed by atoms with Crippen LogP contribution in [0.25, 0.3) is 0 Å². The van der Waals surface area contributed by atoms with E-state index in [0.29, 0.717) is 3.71 Å². The summed E-state index contributed by atoms with van der Waals surface area (Å²) in [5.74, 6) is 0. The first-order valence-electron chi connectivity index (χ1n) is 8.43. The smallest absolute Gasteiger partial charge is 0.200 e. The highest BCUT2D eigenvalue weighted by Crippen LogP contribution is 2.40. The second-order valence-electron chi connectivity index (χ2n) is 6.40. The third-order valence-corrected chi connectivity index (χ3v) is 8.96. The number of sulfonamides is 2. The molecule has 152 valence electrons. The molecule has 3 aromatic carbocycles. The van der Waals surface area contributed by atoms with Gasteiger partial charge in [0.1, 0.15) is 5.69 Å². The summed E-state index contributed by atoms with van der Waals surface area (Å²) in [7, 11) is -9.11. The molecule has 5 nitrogen and oxygen atoms in total. The first-order chi connectivity index (χ1) is 13.5. The molecule has 0 aliphatic carbocycles. The van der Waals surface area contributed by atoms with E-state index in [1.165, 1.54) is 42.5 Å². The van der Waals surface area contributed by atoms with Crippen molar-refractivity contribution in [2.75, 3.05) is 3.71 Å². The van der Waals surface area contributed by atoms with Crippen LogP contribution in [0, 0.1) is 13.8 Å². The zero-order chi connectivity index (χ0) is 21.4. The molecule has 0 N–H and O–H groups in total. The zero-order valence-electron chi connectivity index (χ0n) is 15.5. The molecule has 0 saturated carbocycles. The quantitative estimate of drug-likeness (QED) is 0.514. The van der Waals surface area contributed by atoms with E-state index in [1.807, 2.05) is 0 Å². The summed E-state index contributed by atoms with van der Waals surface area (Å²) in [5.41, 5.74) is 1.33. The van der Waals surface area contributed by atoms with Gasteiger partial charge in [-0.1, -0.05) is 64.7 Å². The van der Waals surface area contributed by atoms with Crippen LogP contribution >= 0.6 is 23.2 Å². The van der Waals surface area contributed by atoms with Gasteiger partial charge < -0.3 is 0 Å². The van der Waals surface area contributed by atoms with Gasteiger partial charge in [0, 0.05) is 0 Å². The maximum atomic E-state index is 13.5. The first-order valence-corrected chi connectivity index (χ1v) is 12.1. The number of nitrogens with zero attached hydrogens (tertiary/aromatic N) is 1. The molecule has 0 aliphatic rings. The van der Waals surface area contributed by atoms with Crippen molar-refractivity contribution in [1.82, 2.24) is 0 Å². The van der Waals surface area contributed by atoms with Crippen molar-refractivity contribution in [3.05, 3.63) is 87.9 Å². The van der Waals surface area contributed by atoms with Crippen LogP contribution in [-0.4, -0.2) is 16.8 Å². The van der Waals surface area contributed by atoms with Crippen molar-refractivity contribution >= 4 is 48.9 Å². The molecular formula is C20H17Cl2NO4S2. The Morgan fingerprint density at radius 2 is 0.966 bits per heavy atom. The van der Waals surface area contributed by atoms with Gasteiger partial charge in [0.2, 0.25) is 0 Å². The maximum absolute atomic E-state index is 13.5. The molecule has 0 saturated heterocycles. The van der Waals surface area contributed by atoms with Crippen LogP contribution in [0.5, 0.6) is 0 Å². The fourth-order valence-electron chi connectivity index (χ4n) is 2.64. The number of benzene rings is 3. The molecule has 0 heterocycles. The Bertz CT molecular complexity index is 1160. The zero-order valence-corrected chi connectivity index (χ0v) is 18.6. The van der Waals surface area contributed by atoms with Gasteiger partial charge >= 0.3 is 0 Å². The minimum Gasteiger partial charge on any atom is -0.200 e. The average Bonchev–Trinajstić information content (AvgIpc) is 2.65. The Balaban J connectivity index is 2.34. The average molecular weight is 470 g/mol. The topological polar surface area (TPSA) is 71.5 Å². The van der Waals surface area contributed by atoms with Gasteiger partial charge in [-0.3, -0.25) is 0 Å². The van der Waals surface area contributed by atoms with E-state index in [4.69, 9.17) is 23.2 Å². The number of aryl methyl sites for hydroxylation is 2. The molecule has 0 radical (unpaired) electrons. The lowest BCUT2D eigenvalue weighted by molar-refractivity contribution is 0.584. The lowest BCUT2D eigenvalue weighted by atomic mass is 10.2. The Labute approximate surface area is 180 Å². The highest BCUT2D eigenvalue weighted by atomic mass is 35.5. The van der Waals surface area contributed by atoms with Crippen LogP contribution in [0.1, 0.15) is 11.1 Å². The summed E-state index contributed by atoms with van der Waals surface area (Å²) in [5, 5.41) is -0.215. The molecule has 0 amide bonds. The maximum Gasteiger partial charge on any atom is 0.277 e. The van der Waals surface area contributed by atoms with Gasteiger partial charge in [-0.25, -0.2) is 16.8 Å². The summed E-state index contributed by atoms with van der Waals surface area (Å²) in [4.78, 5) is -0.399. The standard InChI is InChI=1S/C20H17Cl2NO4S2/c1-14-6-10-16(11-7-14)28(24,25)23(20-18(21)4-3-5-19(20)22)29(26,27)17-12-8-15(2)9-13-17/h3-13H,1-2H3. The second kappa shape index (κ2) is 7.99. The Morgan fingerprint density at radius 3 is 1.31 bits per heavy atom. The van der Waals surface area contributed by atoms with Crippen LogP contribution in [0.3, 0.4) is 0 Å². The molecule has 0 fully saturated rings. The fourth-order valence-corrected chi connectivity index (χ4v) is 7.18. The van der Waals surface area contributed by atoms with Crippen molar-refractivity contribution in [1.29, 1.82) is 0 Å². The van der Waals surface area contributed by atoms with Crippen LogP contribution in [0.4, 0.5) is 5.69 Å². The Hall–Kier alpha value is -2.06. The van der Waals surface area contributed by atoms with Crippen LogP contribution in [0.2, 0.25) is 10.0 Å².